The number of likely N-dealkylation sites (tertiary alicyclic amines) is 1. The van der Waals surface area contributed by atoms with Crippen molar-refractivity contribution in [1.82, 2.24) is 14.5 Å². The van der Waals surface area contributed by atoms with Crippen LogP contribution in [0.25, 0.3) is 11.0 Å². The summed E-state index contributed by atoms with van der Waals surface area (Å²) in [6.45, 7) is 3.47. The molecular weight excluding hydrogens is 350 g/mol. The van der Waals surface area contributed by atoms with Gasteiger partial charge in [0.1, 0.15) is 5.82 Å². The summed E-state index contributed by atoms with van der Waals surface area (Å²) in [6, 6.07) is 6.36. The molecular formula is C16H21BrClN3. The molecule has 0 radical (unpaired) electrons. The van der Waals surface area contributed by atoms with Crippen molar-refractivity contribution in [3.8, 4) is 0 Å². The van der Waals surface area contributed by atoms with E-state index in [0.717, 1.165) is 34.7 Å². The van der Waals surface area contributed by atoms with Gasteiger partial charge in [0.15, 0.2) is 0 Å². The van der Waals surface area contributed by atoms with Crippen molar-refractivity contribution in [2.75, 3.05) is 26.0 Å². The minimum atomic E-state index is 0.623. The van der Waals surface area contributed by atoms with Gasteiger partial charge in [-0.25, -0.2) is 4.98 Å². The molecule has 0 aliphatic carbocycles. The highest BCUT2D eigenvalue weighted by atomic mass is 79.9. The quantitative estimate of drug-likeness (QED) is 0.761. The Bertz CT molecular complexity index is 617. The van der Waals surface area contributed by atoms with E-state index in [2.05, 4.69) is 50.6 Å². The molecule has 0 amide bonds. The molecule has 1 fully saturated rings. The second kappa shape index (κ2) is 6.67. The first-order valence-corrected chi connectivity index (χ1v) is 8.89. The number of imidazole rings is 1. The molecule has 2 aromatic rings. The average molecular weight is 371 g/mol. The van der Waals surface area contributed by atoms with Crippen LogP contribution >= 0.6 is 27.5 Å². The van der Waals surface area contributed by atoms with E-state index in [4.69, 9.17) is 16.6 Å². The van der Waals surface area contributed by atoms with Crippen molar-refractivity contribution in [2.24, 2.45) is 5.92 Å². The van der Waals surface area contributed by atoms with Crippen LogP contribution in [0.15, 0.2) is 22.7 Å². The number of rotatable bonds is 4. The van der Waals surface area contributed by atoms with Crippen LogP contribution in [-0.2, 0) is 13.0 Å². The lowest BCUT2D eigenvalue weighted by molar-refractivity contribution is 0.205. The Morgan fingerprint density at radius 3 is 2.81 bits per heavy atom. The van der Waals surface area contributed by atoms with E-state index in [9.17, 15) is 0 Å². The zero-order chi connectivity index (χ0) is 14.8. The Labute approximate surface area is 139 Å². The van der Waals surface area contributed by atoms with E-state index in [1.807, 2.05) is 0 Å². The SMILES string of the molecule is CN1CCC(Cn2c(CCCl)nc3cc(Br)ccc32)CC1. The smallest absolute Gasteiger partial charge is 0.111 e. The summed E-state index contributed by atoms with van der Waals surface area (Å²) in [4.78, 5) is 7.20. The third-order valence-corrected chi connectivity index (χ3v) is 5.07. The number of piperidine rings is 1. The van der Waals surface area contributed by atoms with Crippen molar-refractivity contribution >= 4 is 38.6 Å². The first kappa shape index (κ1) is 15.3. The van der Waals surface area contributed by atoms with Crippen LogP contribution in [0.3, 0.4) is 0 Å². The summed E-state index contributed by atoms with van der Waals surface area (Å²) >= 11 is 9.49. The van der Waals surface area contributed by atoms with Crippen LogP contribution in [0.2, 0.25) is 0 Å². The third-order valence-electron chi connectivity index (χ3n) is 4.39. The summed E-state index contributed by atoms with van der Waals surface area (Å²) < 4.78 is 3.47. The van der Waals surface area contributed by atoms with Gasteiger partial charge >= 0.3 is 0 Å². The molecule has 2 heterocycles. The molecule has 5 heteroatoms. The maximum Gasteiger partial charge on any atom is 0.111 e. The zero-order valence-electron chi connectivity index (χ0n) is 12.4. The van der Waals surface area contributed by atoms with E-state index in [1.54, 1.807) is 0 Å². The zero-order valence-corrected chi connectivity index (χ0v) is 14.7. The Kier molecular flexibility index (Phi) is 4.87. The van der Waals surface area contributed by atoms with Gasteiger partial charge in [0.05, 0.1) is 11.0 Å². The lowest BCUT2D eigenvalue weighted by Gasteiger charge is -2.29. The third kappa shape index (κ3) is 3.43. The van der Waals surface area contributed by atoms with Crippen molar-refractivity contribution in [3.63, 3.8) is 0 Å². The minimum Gasteiger partial charge on any atom is -0.328 e. The monoisotopic (exact) mass is 369 g/mol. The summed E-state index contributed by atoms with van der Waals surface area (Å²) in [5.41, 5.74) is 2.30. The second-order valence-corrected chi connectivity index (χ2v) is 7.25. The maximum absolute atomic E-state index is 5.96. The highest BCUT2D eigenvalue weighted by Crippen LogP contribution is 2.25. The van der Waals surface area contributed by atoms with Crippen LogP contribution < -0.4 is 0 Å². The average Bonchev–Trinajstić information content (AvgIpc) is 2.79. The van der Waals surface area contributed by atoms with Gasteiger partial charge in [0.25, 0.3) is 0 Å². The molecule has 0 N–H and O–H groups in total. The first-order valence-electron chi connectivity index (χ1n) is 7.56. The number of aromatic nitrogens is 2. The van der Waals surface area contributed by atoms with Gasteiger partial charge in [-0.3, -0.25) is 0 Å². The molecule has 3 rings (SSSR count). The molecule has 0 atom stereocenters. The largest absolute Gasteiger partial charge is 0.328 e. The number of alkyl halides is 1. The van der Waals surface area contributed by atoms with Gasteiger partial charge in [0, 0.05) is 23.3 Å². The van der Waals surface area contributed by atoms with Gasteiger partial charge in [-0.05, 0) is 57.1 Å². The highest BCUT2D eigenvalue weighted by molar-refractivity contribution is 9.10. The normalized spacial score (nSPS) is 17.7. The first-order chi connectivity index (χ1) is 10.2. The fraction of sp³-hybridized carbons (Fsp3) is 0.562. The number of aryl methyl sites for hydroxylation is 1. The highest BCUT2D eigenvalue weighted by Gasteiger charge is 2.20. The summed E-state index contributed by atoms with van der Waals surface area (Å²) in [6.07, 6.45) is 3.38. The fourth-order valence-corrected chi connectivity index (χ4v) is 3.65. The predicted molar refractivity (Wildman–Crippen MR) is 92.1 cm³/mol. The van der Waals surface area contributed by atoms with Gasteiger partial charge < -0.3 is 9.47 Å². The maximum atomic E-state index is 5.96. The van der Waals surface area contributed by atoms with E-state index >= 15 is 0 Å². The Balaban J connectivity index is 1.89. The van der Waals surface area contributed by atoms with Crippen LogP contribution in [-0.4, -0.2) is 40.5 Å². The molecule has 0 saturated carbocycles. The van der Waals surface area contributed by atoms with Crippen LogP contribution in [0, 0.1) is 5.92 Å². The number of hydrogen-bond donors (Lipinski definition) is 0. The Hall–Kier alpha value is -0.580. The molecule has 1 saturated heterocycles. The van der Waals surface area contributed by atoms with Crippen molar-refractivity contribution in [1.29, 1.82) is 0 Å². The van der Waals surface area contributed by atoms with Gasteiger partial charge in [-0.15, -0.1) is 11.6 Å². The molecule has 114 valence electrons. The topological polar surface area (TPSA) is 21.1 Å². The van der Waals surface area contributed by atoms with Gasteiger partial charge in [0.2, 0.25) is 0 Å². The molecule has 1 aromatic carbocycles. The Morgan fingerprint density at radius 1 is 1.33 bits per heavy atom. The molecule has 0 bridgehead atoms. The van der Waals surface area contributed by atoms with E-state index in [-0.39, 0.29) is 0 Å². The van der Waals surface area contributed by atoms with Crippen molar-refractivity contribution in [3.05, 3.63) is 28.5 Å². The van der Waals surface area contributed by atoms with Gasteiger partial charge in [-0.2, -0.15) is 0 Å². The number of nitrogens with zero attached hydrogens (tertiary/aromatic N) is 3. The number of fused-ring (bicyclic) bond motifs is 1. The van der Waals surface area contributed by atoms with Gasteiger partial charge in [-0.1, -0.05) is 15.9 Å². The number of halogens is 2. The van der Waals surface area contributed by atoms with E-state index in [0.29, 0.717) is 5.88 Å². The van der Waals surface area contributed by atoms with Crippen LogP contribution in [0.5, 0.6) is 0 Å². The molecule has 0 unspecified atom stereocenters. The van der Waals surface area contributed by atoms with Crippen molar-refractivity contribution in [2.45, 2.75) is 25.8 Å². The molecule has 1 aliphatic rings. The molecule has 21 heavy (non-hydrogen) atoms. The molecule has 1 aromatic heterocycles. The van der Waals surface area contributed by atoms with Crippen LogP contribution in [0.4, 0.5) is 0 Å². The second-order valence-electron chi connectivity index (χ2n) is 5.96. The standard InChI is InChI=1S/C16H21BrClN3/c1-20-8-5-12(6-9-20)11-21-15-3-2-13(17)10-14(15)19-16(21)4-7-18/h2-3,10,12H,4-9,11H2,1H3. The van der Waals surface area contributed by atoms with Crippen LogP contribution in [0.1, 0.15) is 18.7 Å². The van der Waals surface area contributed by atoms with E-state index in [1.165, 1.54) is 31.4 Å². The summed E-state index contributed by atoms with van der Waals surface area (Å²) in [7, 11) is 2.21. The molecule has 1 aliphatic heterocycles. The lowest BCUT2D eigenvalue weighted by atomic mass is 9.97. The fourth-order valence-electron chi connectivity index (χ4n) is 3.13. The predicted octanol–water partition coefficient (Wildman–Crippen LogP) is 3.92. The molecule has 3 nitrogen and oxygen atoms in total. The molecule has 0 spiro atoms. The summed E-state index contributed by atoms with van der Waals surface area (Å²) in [5, 5.41) is 0. The minimum absolute atomic E-state index is 0.623. The summed E-state index contributed by atoms with van der Waals surface area (Å²) in [5.74, 6) is 2.49. The number of hydrogen-bond acceptors (Lipinski definition) is 2. The van der Waals surface area contributed by atoms with E-state index < -0.39 is 0 Å². The number of benzene rings is 1. The lowest BCUT2D eigenvalue weighted by Crippen LogP contribution is -2.32. The van der Waals surface area contributed by atoms with Crippen molar-refractivity contribution < 1.29 is 0 Å². The Morgan fingerprint density at radius 2 is 2.10 bits per heavy atom.